The molecule has 1 amide bonds. The first-order valence-electron chi connectivity index (χ1n) is 8.51. The quantitative estimate of drug-likeness (QED) is 0.878. The zero-order valence-electron chi connectivity index (χ0n) is 14.2. The number of anilines is 1. The van der Waals surface area contributed by atoms with E-state index in [1.165, 1.54) is 19.3 Å². The van der Waals surface area contributed by atoms with Gasteiger partial charge in [0.2, 0.25) is 5.91 Å². The maximum Gasteiger partial charge on any atom is 0.239 e. The van der Waals surface area contributed by atoms with Crippen LogP contribution in [-0.4, -0.2) is 38.7 Å². The summed E-state index contributed by atoms with van der Waals surface area (Å²) in [7, 11) is 0. The van der Waals surface area contributed by atoms with E-state index >= 15 is 0 Å². The summed E-state index contributed by atoms with van der Waals surface area (Å²) in [4.78, 5) is 12.2. The topological polar surface area (TPSA) is 84.7 Å². The third kappa shape index (κ3) is 3.90. The Morgan fingerprint density at radius 3 is 2.88 bits per heavy atom. The van der Waals surface area contributed by atoms with Crippen molar-refractivity contribution in [2.24, 2.45) is 5.92 Å². The van der Waals surface area contributed by atoms with Gasteiger partial charge in [0.25, 0.3) is 0 Å². The zero-order valence-corrected chi connectivity index (χ0v) is 14.2. The fraction of sp³-hybridized carbons (Fsp3) is 0.529. The molecule has 1 aliphatic carbocycles. The minimum absolute atomic E-state index is 0.0518. The number of carbonyl (C=O) groups is 1. The molecule has 24 heavy (non-hydrogen) atoms. The summed E-state index contributed by atoms with van der Waals surface area (Å²) in [6, 6.07) is 6.18. The van der Waals surface area contributed by atoms with Crippen molar-refractivity contribution >= 4 is 11.6 Å². The van der Waals surface area contributed by atoms with E-state index in [-0.39, 0.29) is 12.5 Å². The van der Waals surface area contributed by atoms with Crippen molar-refractivity contribution in [2.45, 2.75) is 45.6 Å². The van der Waals surface area contributed by atoms with E-state index in [4.69, 9.17) is 0 Å². The molecule has 0 bridgehead atoms. The number of carbonyl (C=O) groups excluding carboxylic acids is 1. The van der Waals surface area contributed by atoms with Crippen LogP contribution in [0.4, 0.5) is 5.69 Å². The van der Waals surface area contributed by atoms with E-state index in [2.05, 4.69) is 33.1 Å². The van der Waals surface area contributed by atoms with E-state index in [1.54, 1.807) is 11.0 Å². The number of tetrazole rings is 1. The molecule has 1 aliphatic rings. The molecule has 0 aliphatic heterocycles. The molecule has 1 fully saturated rings. The van der Waals surface area contributed by atoms with Gasteiger partial charge in [-0.25, -0.2) is 4.68 Å². The van der Waals surface area contributed by atoms with Gasteiger partial charge >= 0.3 is 0 Å². The van der Waals surface area contributed by atoms with Crippen molar-refractivity contribution < 1.29 is 4.79 Å². The maximum absolute atomic E-state index is 12.2. The van der Waals surface area contributed by atoms with E-state index in [9.17, 15) is 4.79 Å². The highest BCUT2D eigenvalue weighted by Crippen LogP contribution is 2.23. The molecule has 0 unspecified atom stereocenters. The van der Waals surface area contributed by atoms with Crippen LogP contribution in [0.15, 0.2) is 24.5 Å². The summed E-state index contributed by atoms with van der Waals surface area (Å²) in [6.45, 7) is 4.50. The number of aromatic nitrogens is 4. The lowest BCUT2D eigenvalue weighted by Crippen LogP contribution is -2.43. The van der Waals surface area contributed by atoms with E-state index in [0.717, 1.165) is 23.4 Å². The average molecular weight is 328 g/mol. The number of amides is 1. The lowest BCUT2D eigenvalue weighted by Gasteiger charge is -2.29. The van der Waals surface area contributed by atoms with Crippen LogP contribution < -0.4 is 10.6 Å². The van der Waals surface area contributed by atoms with Gasteiger partial charge in [-0.2, -0.15) is 0 Å². The van der Waals surface area contributed by atoms with Crippen molar-refractivity contribution in [3.8, 4) is 5.69 Å². The number of benzene rings is 1. The Morgan fingerprint density at radius 2 is 2.17 bits per heavy atom. The predicted molar refractivity (Wildman–Crippen MR) is 91.9 cm³/mol. The molecule has 0 saturated heterocycles. The first-order valence-corrected chi connectivity index (χ1v) is 8.51. The maximum atomic E-state index is 12.2. The first kappa shape index (κ1) is 16.4. The molecule has 2 atom stereocenters. The molecule has 0 spiro atoms. The standard InChI is InChI=1S/C17H24N6O/c1-12-5-3-4-6-15(12)20-17(24)10-18-14-7-8-16(13(2)9-14)23-11-19-21-22-23/h7-9,11-12,15,18H,3-6,10H2,1-2H3,(H,20,24)/t12-,15+/m1/s1. The molecule has 1 aromatic carbocycles. The first-order chi connectivity index (χ1) is 11.6. The van der Waals surface area contributed by atoms with Gasteiger partial charge in [0.1, 0.15) is 6.33 Å². The molecular formula is C17H24N6O. The van der Waals surface area contributed by atoms with Gasteiger partial charge in [-0.3, -0.25) is 4.79 Å². The van der Waals surface area contributed by atoms with E-state index < -0.39 is 0 Å². The zero-order chi connectivity index (χ0) is 16.9. The SMILES string of the molecule is Cc1cc(NCC(=O)N[C@H]2CCCC[C@H]2C)ccc1-n1cnnn1. The molecule has 128 valence electrons. The smallest absolute Gasteiger partial charge is 0.239 e. The Balaban J connectivity index is 1.54. The Bertz CT molecular complexity index is 684. The predicted octanol–water partition coefficient (Wildman–Crippen LogP) is 2.08. The van der Waals surface area contributed by atoms with Gasteiger partial charge < -0.3 is 10.6 Å². The molecule has 1 aromatic heterocycles. The molecular weight excluding hydrogens is 304 g/mol. The monoisotopic (exact) mass is 328 g/mol. The second-order valence-corrected chi connectivity index (χ2v) is 6.54. The average Bonchev–Trinajstić information content (AvgIpc) is 3.09. The number of hydrogen-bond acceptors (Lipinski definition) is 5. The molecule has 7 nitrogen and oxygen atoms in total. The molecule has 1 saturated carbocycles. The highest BCUT2D eigenvalue weighted by Gasteiger charge is 2.22. The number of nitrogens with one attached hydrogen (secondary N) is 2. The van der Waals surface area contributed by atoms with Crippen molar-refractivity contribution in [3.05, 3.63) is 30.1 Å². The van der Waals surface area contributed by atoms with Gasteiger partial charge in [-0.15, -0.1) is 5.10 Å². The van der Waals surface area contributed by atoms with Crippen LogP contribution in [0.1, 0.15) is 38.2 Å². The fourth-order valence-electron chi connectivity index (χ4n) is 3.26. The lowest BCUT2D eigenvalue weighted by atomic mass is 9.86. The lowest BCUT2D eigenvalue weighted by molar-refractivity contribution is -0.120. The third-order valence-electron chi connectivity index (χ3n) is 4.70. The van der Waals surface area contributed by atoms with Crippen LogP contribution >= 0.6 is 0 Å². The third-order valence-corrected chi connectivity index (χ3v) is 4.70. The van der Waals surface area contributed by atoms with Gasteiger partial charge in [0, 0.05) is 11.7 Å². The minimum atomic E-state index is 0.0518. The number of rotatable bonds is 5. The normalized spacial score (nSPS) is 20.6. The largest absolute Gasteiger partial charge is 0.376 e. The van der Waals surface area contributed by atoms with E-state index in [0.29, 0.717) is 12.0 Å². The Morgan fingerprint density at radius 1 is 1.33 bits per heavy atom. The van der Waals surface area contributed by atoms with Crippen LogP contribution in [0.5, 0.6) is 0 Å². The van der Waals surface area contributed by atoms with Gasteiger partial charge in [0.15, 0.2) is 0 Å². The van der Waals surface area contributed by atoms with Crippen LogP contribution in [0.2, 0.25) is 0 Å². The number of aryl methyl sites for hydroxylation is 1. The Hall–Kier alpha value is -2.44. The molecule has 2 N–H and O–H groups in total. The summed E-state index contributed by atoms with van der Waals surface area (Å²) >= 11 is 0. The second kappa shape index (κ2) is 7.42. The van der Waals surface area contributed by atoms with Crippen molar-refractivity contribution in [3.63, 3.8) is 0 Å². The number of hydrogen-bond donors (Lipinski definition) is 2. The summed E-state index contributed by atoms with van der Waals surface area (Å²) in [5.74, 6) is 0.622. The molecule has 0 radical (unpaired) electrons. The Labute approximate surface area is 141 Å². The van der Waals surface area contributed by atoms with Crippen molar-refractivity contribution in [1.29, 1.82) is 0 Å². The summed E-state index contributed by atoms with van der Waals surface area (Å²) in [5.41, 5.74) is 2.87. The van der Waals surface area contributed by atoms with Crippen molar-refractivity contribution in [1.82, 2.24) is 25.5 Å². The van der Waals surface area contributed by atoms with Crippen LogP contribution in [0.25, 0.3) is 5.69 Å². The molecule has 1 heterocycles. The highest BCUT2D eigenvalue weighted by molar-refractivity contribution is 5.81. The number of nitrogens with zero attached hydrogens (tertiary/aromatic N) is 4. The fourth-order valence-corrected chi connectivity index (χ4v) is 3.26. The van der Waals surface area contributed by atoms with Crippen LogP contribution in [-0.2, 0) is 4.79 Å². The van der Waals surface area contributed by atoms with E-state index in [1.807, 2.05) is 25.1 Å². The summed E-state index contributed by atoms with van der Waals surface area (Å²) < 4.78 is 1.62. The summed E-state index contributed by atoms with van der Waals surface area (Å²) in [5, 5.41) is 17.5. The molecule has 3 rings (SSSR count). The van der Waals surface area contributed by atoms with Crippen molar-refractivity contribution in [2.75, 3.05) is 11.9 Å². The molecule has 7 heteroatoms. The molecule has 2 aromatic rings. The van der Waals surface area contributed by atoms with Gasteiger partial charge in [-0.05, 0) is 59.9 Å². The highest BCUT2D eigenvalue weighted by atomic mass is 16.2. The second-order valence-electron chi connectivity index (χ2n) is 6.54. The van der Waals surface area contributed by atoms with Crippen LogP contribution in [0, 0.1) is 12.8 Å². The summed E-state index contributed by atoms with van der Waals surface area (Å²) in [6.07, 6.45) is 6.34. The van der Waals surface area contributed by atoms with Gasteiger partial charge in [0.05, 0.1) is 12.2 Å². The van der Waals surface area contributed by atoms with Crippen LogP contribution in [0.3, 0.4) is 0 Å². The minimum Gasteiger partial charge on any atom is -0.376 e. The Kier molecular flexibility index (Phi) is 5.08. The van der Waals surface area contributed by atoms with Gasteiger partial charge in [-0.1, -0.05) is 19.8 Å².